The van der Waals surface area contributed by atoms with Crippen molar-refractivity contribution in [1.29, 1.82) is 0 Å². The molecule has 1 amide bonds. The van der Waals surface area contributed by atoms with E-state index in [1.54, 1.807) is 7.11 Å². The number of ether oxygens (including phenoxy) is 2. The van der Waals surface area contributed by atoms with Gasteiger partial charge in [-0.3, -0.25) is 10.2 Å². The summed E-state index contributed by atoms with van der Waals surface area (Å²) in [6, 6.07) is 16.1. The summed E-state index contributed by atoms with van der Waals surface area (Å²) in [5.74, 6) is 1.79. The molecular formula is C23H29N3O3. The van der Waals surface area contributed by atoms with Crippen molar-refractivity contribution in [3.63, 3.8) is 0 Å². The highest BCUT2D eigenvalue weighted by molar-refractivity contribution is 5.82. The number of methoxy groups -OCH3 is 1. The van der Waals surface area contributed by atoms with Crippen molar-refractivity contribution in [3.8, 4) is 11.5 Å². The molecule has 2 aromatic carbocycles. The number of hydrogen-bond acceptors (Lipinski definition) is 5. The van der Waals surface area contributed by atoms with Gasteiger partial charge in [-0.25, -0.2) is 5.43 Å². The van der Waals surface area contributed by atoms with Gasteiger partial charge in [-0.1, -0.05) is 49.2 Å². The first-order valence-electron chi connectivity index (χ1n) is 10.4. The molecule has 29 heavy (non-hydrogen) atoms. The minimum atomic E-state index is -0.157. The fraction of sp³-hybridized carbons (Fsp3) is 0.435. The van der Waals surface area contributed by atoms with Gasteiger partial charge < -0.3 is 14.8 Å². The average molecular weight is 396 g/mol. The fourth-order valence-electron chi connectivity index (χ4n) is 4.28. The number of nitrogens with one attached hydrogen (secondary N) is 3. The van der Waals surface area contributed by atoms with Crippen molar-refractivity contribution >= 4 is 5.91 Å². The first-order valence-corrected chi connectivity index (χ1v) is 10.4. The van der Waals surface area contributed by atoms with E-state index in [0.29, 0.717) is 36.6 Å². The molecule has 0 aromatic heterocycles. The highest BCUT2D eigenvalue weighted by Crippen LogP contribution is 2.31. The van der Waals surface area contributed by atoms with E-state index in [-0.39, 0.29) is 11.9 Å². The Labute approximate surface area is 171 Å². The second kappa shape index (κ2) is 9.29. The van der Waals surface area contributed by atoms with Crippen LogP contribution in [0.2, 0.25) is 0 Å². The molecule has 154 valence electrons. The van der Waals surface area contributed by atoms with Crippen LogP contribution in [0.4, 0.5) is 0 Å². The molecule has 3 atom stereocenters. The molecule has 1 aliphatic heterocycles. The van der Waals surface area contributed by atoms with E-state index in [1.165, 1.54) is 12.8 Å². The molecule has 3 N–H and O–H groups in total. The van der Waals surface area contributed by atoms with Gasteiger partial charge in [-0.05, 0) is 36.1 Å². The van der Waals surface area contributed by atoms with E-state index in [2.05, 4.69) is 16.2 Å². The number of benzene rings is 2. The lowest BCUT2D eigenvalue weighted by atomic mass is 9.81. The van der Waals surface area contributed by atoms with E-state index in [1.807, 2.05) is 48.5 Å². The molecule has 1 saturated carbocycles. The monoisotopic (exact) mass is 395 g/mol. The predicted octanol–water partition coefficient (Wildman–Crippen LogP) is 2.93. The first kappa shape index (κ1) is 19.7. The van der Waals surface area contributed by atoms with Gasteiger partial charge in [0.05, 0.1) is 7.11 Å². The minimum Gasteiger partial charge on any atom is -0.493 e. The van der Waals surface area contributed by atoms with E-state index >= 15 is 0 Å². The molecule has 2 aliphatic rings. The quantitative estimate of drug-likeness (QED) is 0.672. The number of hydrogen-bond donors (Lipinski definition) is 3. The zero-order valence-corrected chi connectivity index (χ0v) is 16.8. The van der Waals surface area contributed by atoms with Crippen LogP contribution in [-0.2, 0) is 17.9 Å². The molecule has 0 spiro atoms. The summed E-state index contributed by atoms with van der Waals surface area (Å²) in [4.78, 5) is 12.7. The van der Waals surface area contributed by atoms with Crippen molar-refractivity contribution in [1.82, 2.24) is 16.2 Å². The molecule has 6 nitrogen and oxygen atoms in total. The number of rotatable bonds is 7. The minimum absolute atomic E-state index is 0.0512. The number of amides is 1. The lowest BCUT2D eigenvalue weighted by Crippen LogP contribution is -2.45. The molecule has 3 unspecified atom stereocenters. The van der Waals surface area contributed by atoms with E-state index in [4.69, 9.17) is 9.47 Å². The van der Waals surface area contributed by atoms with Crippen LogP contribution in [0, 0.1) is 5.92 Å². The highest BCUT2D eigenvalue weighted by Gasteiger charge is 2.40. The van der Waals surface area contributed by atoms with Crippen molar-refractivity contribution in [3.05, 3.63) is 59.7 Å². The Bertz CT molecular complexity index is 827. The summed E-state index contributed by atoms with van der Waals surface area (Å²) in [7, 11) is 1.63. The molecule has 1 heterocycles. The highest BCUT2D eigenvalue weighted by atomic mass is 16.5. The van der Waals surface area contributed by atoms with Gasteiger partial charge in [-0.15, -0.1) is 0 Å². The van der Waals surface area contributed by atoms with Gasteiger partial charge in [0.2, 0.25) is 5.91 Å². The molecule has 4 rings (SSSR count). The zero-order valence-electron chi connectivity index (χ0n) is 16.8. The standard InChI is InChI=1S/C23H29N3O3/c1-28-21-13-17(11-12-20(21)29-15-16-7-3-2-4-8-16)14-24-23(27)22-18-9-5-6-10-19(18)25-26-22/h2-4,7-8,11-13,18-19,22,25-26H,5-6,9-10,14-15H2,1H3,(H,24,27). The molecule has 2 fully saturated rings. The number of carbonyl (C=O) groups excluding carboxylic acids is 1. The van der Waals surface area contributed by atoms with Crippen molar-refractivity contribution in [2.24, 2.45) is 5.92 Å². The van der Waals surface area contributed by atoms with Gasteiger partial charge in [0, 0.05) is 18.5 Å². The molecule has 1 aliphatic carbocycles. The number of hydrazine groups is 1. The summed E-state index contributed by atoms with van der Waals surface area (Å²) in [5, 5.41) is 3.06. The molecule has 0 radical (unpaired) electrons. The summed E-state index contributed by atoms with van der Waals surface area (Å²) in [6.07, 6.45) is 4.69. The third-order valence-corrected chi connectivity index (χ3v) is 5.89. The van der Waals surface area contributed by atoms with Crippen LogP contribution in [0.5, 0.6) is 11.5 Å². The Morgan fingerprint density at radius 1 is 1.03 bits per heavy atom. The molecule has 6 heteroatoms. The number of carbonyl (C=O) groups is 1. The molecule has 1 saturated heterocycles. The van der Waals surface area contributed by atoms with Gasteiger partial charge in [0.1, 0.15) is 12.6 Å². The Balaban J connectivity index is 1.33. The Hall–Kier alpha value is -2.57. The second-order valence-electron chi connectivity index (χ2n) is 7.80. The summed E-state index contributed by atoms with van der Waals surface area (Å²) >= 11 is 0. The Morgan fingerprint density at radius 2 is 1.86 bits per heavy atom. The third kappa shape index (κ3) is 4.71. The van der Waals surface area contributed by atoms with E-state index < -0.39 is 0 Å². The second-order valence-corrected chi connectivity index (χ2v) is 7.80. The van der Waals surface area contributed by atoms with Crippen LogP contribution >= 0.6 is 0 Å². The van der Waals surface area contributed by atoms with Gasteiger partial charge in [0.15, 0.2) is 11.5 Å². The number of fused-ring (bicyclic) bond motifs is 1. The van der Waals surface area contributed by atoms with Crippen LogP contribution in [0.15, 0.2) is 48.5 Å². The van der Waals surface area contributed by atoms with Crippen molar-refractivity contribution < 1.29 is 14.3 Å². The summed E-state index contributed by atoms with van der Waals surface area (Å²) < 4.78 is 11.4. The molecule has 0 bridgehead atoms. The largest absolute Gasteiger partial charge is 0.493 e. The SMILES string of the molecule is COc1cc(CNC(=O)C2NNC3CCCCC32)ccc1OCc1ccccc1. The Kier molecular flexibility index (Phi) is 6.32. The van der Waals surface area contributed by atoms with E-state index in [0.717, 1.165) is 24.0 Å². The summed E-state index contributed by atoms with van der Waals surface area (Å²) in [6.45, 7) is 0.944. The molecular weight excluding hydrogens is 366 g/mol. The first-order chi connectivity index (χ1) is 14.2. The van der Waals surface area contributed by atoms with Crippen molar-refractivity contribution in [2.45, 2.75) is 50.9 Å². The maximum Gasteiger partial charge on any atom is 0.239 e. The maximum atomic E-state index is 12.7. The molecule has 2 aromatic rings. The average Bonchev–Trinajstić information content (AvgIpc) is 3.21. The lowest BCUT2D eigenvalue weighted by Gasteiger charge is -2.26. The predicted molar refractivity (Wildman–Crippen MR) is 111 cm³/mol. The van der Waals surface area contributed by atoms with Crippen LogP contribution in [-0.4, -0.2) is 25.1 Å². The lowest BCUT2D eigenvalue weighted by molar-refractivity contribution is -0.124. The fourth-order valence-corrected chi connectivity index (χ4v) is 4.28. The summed E-state index contributed by atoms with van der Waals surface area (Å²) in [5.41, 5.74) is 8.57. The van der Waals surface area contributed by atoms with Crippen molar-refractivity contribution in [2.75, 3.05) is 7.11 Å². The topological polar surface area (TPSA) is 71.6 Å². The van der Waals surface area contributed by atoms with Crippen LogP contribution < -0.4 is 25.6 Å². The zero-order chi connectivity index (χ0) is 20.1. The normalized spacial score (nSPS) is 23.3. The van der Waals surface area contributed by atoms with Gasteiger partial charge in [-0.2, -0.15) is 0 Å². The Morgan fingerprint density at radius 3 is 2.69 bits per heavy atom. The third-order valence-electron chi connectivity index (χ3n) is 5.89. The van der Waals surface area contributed by atoms with Gasteiger partial charge >= 0.3 is 0 Å². The van der Waals surface area contributed by atoms with Crippen LogP contribution in [0.3, 0.4) is 0 Å². The van der Waals surface area contributed by atoms with E-state index in [9.17, 15) is 4.79 Å². The smallest absolute Gasteiger partial charge is 0.239 e. The van der Waals surface area contributed by atoms with Crippen LogP contribution in [0.25, 0.3) is 0 Å². The maximum absolute atomic E-state index is 12.7. The van der Waals surface area contributed by atoms with Gasteiger partial charge in [0.25, 0.3) is 0 Å². The van der Waals surface area contributed by atoms with Crippen LogP contribution in [0.1, 0.15) is 36.8 Å².